The molecule has 2 fully saturated rings. The van der Waals surface area contributed by atoms with Gasteiger partial charge in [0.25, 0.3) is 0 Å². The maximum Gasteiger partial charge on any atom is 0.407 e. The van der Waals surface area contributed by atoms with Crippen LogP contribution >= 0.6 is 11.3 Å². The van der Waals surface area contributed by atoms with Gasteiger partial charge < -0.3 is 15.4 Å². The summed E-state index contributed by atoms with van der Waals surface area (Å²) >= 11 is 1.71. The van der Waals surface area contributed by atoms with Gasteiger partial charge in [-0.15, -0.1) is 11.3 Å². The number of likely N-dealkylation sites (tertiary alicyclic amines) is 1. The molecule has 3 amide bonds. The highest BCUT2D eigenvalue weighted by Gasteiger charge is 2.27. The molecule has 0 unspecified atom stereocenters. The zero-order valence-corrected chi connectivity index (χ0v) is 31.6. The van der Waals surface area contributed by atoms with Crippen LogP contribution in [0.5, 0.6) is 0 Å². The lowest BCUT2D eigenvalue weighted by Crippen LogP contribution is -2.47. The van der Waals surface area contributed by atoms with Gasteiger partial charge in [-0.2, -0.15) is 0 Å². The number of aromatic nitrogens is 1. The Kier molecular flexibility index (Phi) is 10.6. The van der Waals surface area contributed by atoms with E-state index in [0.717, 1.165) is 70.6 Å². The fourth-order valence-electron chi connectivity index (χ4n) is 7.22. The molecule has 0 spiro atoms. The van der Waals surface area contributed by atoms with Gasteiger partial charge in [-0.25, -0.2) is 9.78 Å². The Balaban J connectivity index is 0.937. The number of nitrogens with one attached hydrogen (secondary N) is 3. The molecule has 2 aliphatic rings. The van der Waals surface area contributed by atoms with Crippen molar-refractivity contribution >= 4 is 45.1 Å². The smallest absolute Gasteiger partial charge is 0.407 e. The Morgan fingerprint density at radius 2 is 1.68 bits per heavy atom. The van der Waals surface area contributed by atoms with Crippen LogP contribution in [0.4, 0.5) is 10.5 Å². The average Bonchev–Trinajstić information content (AvgIpc) is 3.57. The number of rotatable bonds is 9. The number of ether oxygens (including phenoxy) is 1. The summed E-state index contributed by atoms with van der Waals surface area (Å²) in [5.41, 5.74) is 8.64. The van der Waals surface area contributed by atoms with Gasteiger partial charge in [-0.05, 0) is 129 Å². The molecule has 2 aliphatic heterocycles. The first kappa shape index (κ1) is 36.3. The van der Waals surface area contributed by atoms with Gasteiger partial charge in [-0.1, -0.05) is 54.6 Å². The van der Waals surface area contributed by atoms with Crippen LogP contribution in [0.1, 0.15) is 74.6 Å². The summed E-state index contributed by atoms with van der Waals surface area (Å²) in [5.74, 6) is 0.0731. The quantitative estimate of drug-likeness (QED) is 0.130. The highest BCUT2D eigenvalue weighted by molar-refractivity contribution is 7.21. The van der Waals surface area contributed by atoms with Crippen molar-refractivity contribution in [1.82, 2.24) is 20.5 Å². The highest BCUT2D eigenvalue weighted by Crippen LogP contribution is 2.38. The highest BCUT2D eigenvalue weighted by atomic mass is 32.1. The van der Waals surface area contributed by atoms with Crippen LogP contribution in [0.2, 0.25) is 0 Å². The molecule has 5 aromatic rings. The van der Waals surface area contributed by atoms with E-state index in [4.69, 9.17) is 9.72 Å². The van der Waals surface area contributed by atoms with Gasteiger partial charge in [0.15, 0.2) is 0 Å². The van der Waals surface area contributed by atoms with E-state index in [9.17, 15) is 14.4 Å². The number of alkyl carbamates (subject to hydrolysis) is 1. The van der Waals surface area contributed by atoms with E-state index in [-0.39, 0.29) is 17.9 Å². The van der Waals surface area contributed by atoms with Crippen molar-refractivity contribution < 1.29 is 19.1 Å². The average molecular weight is 730 g/mol. The number of amides is 3. The third-order valence-electron chi connectivity index (χ3n) is 10.1. The Hall–Kier alpha value is -5.06. The number of carbonyl (C=O) groups excluding carboxylic acids is 3. The van der Waals surface area contributed by atoms with Gasteiger partial charge in [0.2, 0.25) is 11.8 Å². The van der Waals surface area contributed by atoms with Crippen LogP contribution in [-0.4, -0.2) is 52.5 Å². The maximum absolute atomic E-state index is 12.2. The Labute approximate surface area is 315 Å². The molecule has 274 valence electrons. The van der Waals surface area contributed by atoms with E-state index >= 15 is 0 Å². The molecule has 7 rings (SSSR count). The molecule has 0 radical (unpaired) electrons. The standard InChI is InChI=1S/C43H47N5O4S/c1-27-23-32(9-10-33(27)25-45-42(51)52-43(2,3)4)35-17-20-44-41-36(35)24-38(53-41)31-7-5-28(6-8-31)26-48-21-18-30(19-22-48)29-11-13-34(14-12-29)46-37-15-16-39(49)47-40(37)50/h5-14,17,20,23-24,30,37,46H,15-16,18-19,21-22,25-26H2,1-4H3,(H,45,51)(H,47,49,50)/t37-/m0/s1. The molecule has 0 saturated carbocycles. The third kappa shape index (κ3) is 8.95. The molecule has 2 saturated heterocycles. The van der Waals surface area contributed by atoms with Crippen LogP contribution in [-0.2, 0) is 27.4 Å². The maximum atomic E-state index is 12.2. The lowest BCUT2D eigenvalue weighted by atomic mass is 9.89. The minimum absolute atomic E-state index is 0.199. The zero-order valence-electron chi connectivity index (χ0n) is 30.8. The molecular formula is C43H47N5O4S. The molecule has 53 heavy (non-hydrogen) atoms. The number of fused-ring (bicyclic) bond motifs is 1. The summed E-state index contributed by atoms with van der Waals surface area (Å²) < 4.78 is 5.39. The topological polar surface area (TPSA) is 113 Å². The molecule has 10 heteroatoms. The normalized spacial score (nSPS) is 17.1. The summed E-state index contributed by atoms with van der Waals surface area (Å²) in [6.07, 6.45) is 4.58. The number of benzene rings is 3. The summed E-state index contributed by atoms with van der Waals surface area (Å²) in [7, 11) is 0. The first-order chi connectivity index (χ1) is 25.5. The summed E-state index contributed by atoms with van der Waals surface area (Å²) in [6, 6.07) is 27.7. The summed E-state index contributed by atoms with van der Waals surface area (Å²) in [4.78, 5) is 45.2. The van der Waals surface area contributed by atoms with Crippen LogP contribution in [0.3, 0.4) is 0 Å². The number of pyridine rings is 1. The number of thiophene rings is 1. The minimum atomic E-state index is -0.532. The summed E-state index contributed by atoms with van der Waals surface area (Å²) in [5, 5.41) is 9.68. The van der Waals surface area contributed by atoms with Gasteiger partial charge in [0.1, 0.15) is 16.5 Å². The lowest BCUT2D eigenvalue weighted by molar-refractivity contribution is -0.133. The predicted molar refractivity (Wildman–Crippen MR) is 212 cm³/mol. The van der Waals surface area contributed by atoms with E-state index in [1.165, 1.54) is 21.6 Å². The molecule has 0 aliphatic carbocycles. The van der Waals surface area contributed by atoms with E-state index in [1.807, 2.05) is 27.0 Å². The molecule has 1 atom stereocenters. The molecule has 3 N–H and O–H groups in total. The Bertz CT molecular complexity index is 2110. The van der Waals surface area contributed by atoms with E-state index in [1.54, 1.807) is 11.3 Å². The molecule has 4 heterocycles. The number of carbonyl (C=O) groups is 3. The number of aryl methyl sites for hydroxylation is 1. The number of piperidine rings is 2. The van der Waals surface area contributed by atoms with E-state index in [2.05, 4.69) is 107 Å². The van der Waals surface area contributed by atoms with Crippen LogP contribution in [0, 0.1) is 6.92 Å². The van der Waals surface area contributed by atoms with Gasteiger partial charge in [0, 0.05) is 41.7 Å². The number of hydrogen-bond donors (Lipinski definition) is 3. The lowest BCUT2D eigenvalue weighted by Gasteiger charge is -2.32. The molecular weight excluding hydrogens is 683 g/mol. The Morgan fingerprint density at radius 3 is 2.38 bits per heavy atom. The number of imide groups is 1. The number of hydrogen-bond acceptors (Lipinski definition) is 8. The molecule has 9 nitrogen and oxygen atoms in total. The molecule has 2 aromatic heterocycles. The van der Waals surface area contributed by atoms with E-state index < -0.39 is 11.7 Å². The van der Waals surface area contributed by atoms with Crippen LogP contribution < -0.4 is 16.0 Å². The predicted octanol–water partition coefficient (Wildman–Crippen LogP) is 8.56. The molecule has 3 aromatic carbocycles. The number of nitrogens with zero attached hydrogens (tertiary/aromatic N) is 2. The fraction of sp³-hybridized carbons (Fsp3) is 0.349. The van der Waals surface area contributed by atoms with Crippen LogP contribution in [0.15, 0.2) is 85.1 Å². The van der Waals surface area contributed by atoms with Crippen molar-refractivity contribution in [3.8, 4) is 21.6 Å². The SMILES string of the molecule is Cc1cc(-c2ccnc3sc(-c4ccc(CN5CCC(c6ccc(N[C@H]7CCC(=O)NC7=O)cc6)CC5)cc4)cc23)ccc1CNC(=O)OC(C)(C)C. The van der Waals surface area contributed by atoms with Crippen molar-refractivity contribution in [2.45, 2.75) is 84.0 Å². The molecule has 0 bridgehead atoms. The number of anilines is 1. The van der Waals surface area contributed by atoms with Gasteiger partial charge in [0.05, 0.1) is 0 Å². The Morgan fingerprint density at radius 1 is 0.943 bits per heavy atom. The third-order valence-corrected chi connectivity index (χ3v) is 11.2. The second kappa shape index (κ2) is 15.5. The van der Waals surface area contributed by atoms with Crippen molar-refractivity contribution in [2.24, 2.45) is 0 Å². The van der Waals surface area contributed by atoms with Gasteiger partial charge >= 0.3 is 6.09 Å². The first-order valence-corrected chi connectivity index (χ1v) is 19.3. The van der Waals surface area contributed by atoms with Crippen molar-refractivity contribution in [3.63, 3.8) is 0 Å². The first-order valence-electron chi connectivity index (χ1n) is 18.4. The monoisotopic (exact) mass is 729 g/mol. The second-order valence-corrected chi connectivity index (χ2v) is 16.2. The van der Waals surface area contributed by atoms with E-state index in [0.29, 0.717) is 25.3 Å². The van der Waals surface area contributed by atoms with Crippen molar-refractivity contribution in [2.75, 3.05) is 18.4 Å². The minimum Gasteiger partial charge on any atom is -0.444 e. The van der Waals surface area contributed by atoms with Crippen molar-refractivity contribution in [1.29, 1.82) is 0 Å². The zero-order chi connectivity index (χ0) is 37.1. The van der Waals surface area contributed by atoms with Crippen molar-refractivity contribution in [3.05, 3.63) is 107 Å². The second-order valence-electron chi connectivity index (χ2n) is 15.2. The van der Waals surface area contributed by atoms with Gasteiger partial charge in [-0.3, -0.25) is 19.8 Å². The largest absolute Gasteiger partial charge is 0.444 e. The fourth-order valence-corrected chi connectivity index (χ4v) is 8.25. The summed E-state index contributed by atoms with van der Waals surface area (Å²) in [6.45, 7) is 11.1. The van der Waals surface area contributed by atoms with Crippen LogP contribution in [0.25, 0.3) is 31.8 Å².